The van der Waals surface area contributed by atoms with Crippen molar-refractivity contribution in [1.82, 2.24) is 0 Å². The smallest absolute Gasteiger partial charge is 0.335 e. The molecular formula is C15H14N2O3. The van der Waals surface area contributed by atoms with E-state index in [2.05, 4.69) is 10.5 Å². The summed E-state index contributed by atoms with van der Waals surface area (Å²) in [5.74, 6) is -0.223. The summed E-state index contributed by atoms with van der Waals surface area (Å²) in [5.41, 5.74) is 4.39. The van der Waals surface area contributed by atoms with Crippen LogP contribution in [0, 0.1) is 0 Å². The number of anilines is 1. The van der Waals surface area contributed by atoms with E-state index in [1.54, 1.807) is 30.5 Å². The normalized spacial score (nSPS) is 11.8. The third kappa shape index (κ3) is 3.84. The second-order valence-corrected chi connectivity index (χ2v) is 4.10. The highest BCUT2D eigenvalue weighted by molar-refractivity contribution is 5.96. The van der Waals surface area contributed by atoms with Crippen LogP contribution in [0.15, 0.2) is 58.3 Å². The molecule has 2 aromatic rings. The zero-order chi connectivity index (χ0) is 14.4. The summed E-state index contributed by atoms with van der Waals surface area (Å²) in [6.07, 6.45) is 5.20. The van der Waals surface area contributed by atoms with Crippen LogP contribution < -0.4 is 5.43 Å². The molecule has 0 atom stereocenters. The first kappa shape index (κ1) is 13.6. The minimum atomic E-state index is -0.966. The molecule has 2 N–H and O–H groups in total. The van der Waals surface area contributed by atoms with Crippen LogP contribution in [0.5, 0.6) is 0 Å². The Morgan fingerprint density at radius 1 is 1.35 bits per heavy atom. The molecule has 0 fully saturated rings. The lowest BCUT2D eigenvalue weighted by Gasteiger charge is -2.02. The Balaban J connectivity index is 2.01. The van der Waals surface area contributed by atoms with Crippen molar-refractivity contribution < 1.29 is 14.3 Å². The van der Waals surface area contributed by atoms with Crippen LogP contribution >= 0.6 is 0 Å². The SMILES string of the molecule is CC(/C=C/c1ccco1)=N/Nc1cccc(C(=O)O)c1. The molecule has 1 aromatic heterocycles. The van der Waals surface area contributed by atoms with Gasteiger partial charge in [0.2, 0.25) is 0 Å². The molecule has 0 aliphatic carbocycles. The lowest BCUT2D eigenvalue weighted by molar-refractivity contribution is 0.0697. The molecule has 0 amide bonds. The summed E-state index contributed by atoms with van der Waals surface area (Å²) in [7, 11) is 0. The Labute approximate surface area is 116 Å². The lowest BCUT2D eigenvalue weighted by Crippen LogP contribution is -1.98. The Morgan fingerprint density at radius 2 is 2.20 bits per heavy atom. The van der Waals surface area contributed by atoms with Crippen molar-refractivity contribution in [3.8, 4) is 0 Å². The molecule has 0 saturated heterocycles. The number of nitrogens with zero attached hydrogens (tertiary/aromatic N) is 1. The van der Waals surface area contributed by atoms with Gasteiger partial charge in [-0.2, -0.15) is 5.10 Å². The van der Waals surface area contributed by atoms with E-state index < -0.39 is 5.97 Å². The first-order valence-corrected chi connectivity index (χ1v) is 6.00. The van der Waals surface area contributed by atoms with E-state index >= 15 is 0 Å². The zero-order valence-electron chi connectivity index (χ0n) is 10.9. The first-order valence-electron chi connectivity index (χ1n) is 6.00. The second kappa shape index (κ2) is 6.38. The van der Waals surface area contributed by atoms with Gasteiger partial charge in [0, 0.05) is 0 Å². The van der Waals surface area contributed by atoms with Gasteiger partial charge in [-0.05, 0) is 49.4 Å². The maximum Gasteiger partial charge on any atom is 0.335 e. The highest BCUT2D eigenvalue weighted by atomic mass is 16.4. The van der Waals surface area contributed by atoms with Gasteiger partial charge in [0.25, 0.3) is 0 Å². The van der Waals surface area contributed by atoms with Gasteiger partial charge < -0.3 is 9.52 Å². The van der Waals surface area contributed by atoms with Gasteiger partial charge in [-0.25, -0.2) is 4.79 Å². The summed E-state index contributed by atoms with van der Waals surface area (Å²) in [6.45, 7) is 1.83. The van der Waals surface area contributed by atoms with Crippen molar-refractivity contribution >= 4 is 23.4 Å². The number of aromatic carboxylic acids is 1. The van der Waals surface area contributed by atoms with Gasteiger partial charge in [-0.1, -0.05) is 6.07 Å². The molecule has 1 heterocycles. The third-order valence-electron chi connectivity index (χ3n) is 2.50. The average molecular weight is 270 g/mol. The first-order chi connectivity index (χ1) is 9.65. The Bertz CT molecular complexity index is 643. The number of rotatable bonds is 5. The molecule has 0 aliphatic heterocycles. The number of hydrogen-bond donors (Lipinski definition) is 2. The van der Waals surface area contributed by atoms with E-state index in [0.717, 1.165) is 11.5 Å². The monoisotopic (exact) mass is 270 g/mol. The van der Waals surface area contributed by atoms with Crippen LogP contribution in [0.25, 0.3) is 6.08 Å². The lowest BCUT2D eigenvalue weighted by atomic mass is 10.2. The van der Waals surface area contributed by atoms with Gasteiger partial charge in [-0.15, -0.1) is 0 Å². The van der Waals surface area contributed by atoms with E-state index in [1.165, 1.54) is 12.1 Å². The van der Waals surface area contributed by atoms with Gasteiger partial charge in [0.15, 0.2) is 0 Å². The van der Waals surface area contributed by atoms with Crippen LogP contribution in [0.4, 0.5) is 5.69 Å². The molecule has 20 heavy (non-hydrogen) atoms. The fraction of sp³-hybridized carbons (Fsp3) is 0.0667. The van der Waals surface area contributed by atoms with Gasteiger partial charge in [-0.3, -0.25) is 5.43 Å². The maximum atomic E-state index is 10.8. The molecule has 0 unspecified atom stereocenters. The molecule has 2 rings (SSSR count). The predicted octanol–water partition coefficient (Wildman–Crippen LogP) is 3.48. The highest BCUT2D eigenvalue weighted by Gasteiger charge is 2.02. The fourth-order valence-electron chi connectivity index (χ4n) is 1.50. The van der Waals surface area contributed by atoms with E-state index in [4.69, 9.17) is 9.52 Å². The van der Waals surface area contributed by atoms with E-state index in [-0.39, 0.29) is 5.56 Å². The molecule has 1 aromatic carbocycles. The van der Waals surface area contributed by atoms with Gasteiger partial charge in [0.05, 0.1) is 23.2 Å². The topological polar surface area (TPSA) is 74.8 Å². The van der Waals surface area contributed by atoms with Crippen molar-refractivity contribution in [3.05, 3.63) is 60.1 Å². The number of furan rings is 1. The largest absolute Gasteiger partial charge is 0.478 e. The third-order valence-corrected chi connectivity index (χ3v) is 2.50. The molecule has 0 spiro atoms. The number of benzene rings is 1. The highest BCUT2D eigenvalue weighted by Crippen LogP contribution is 2.10. The Hall–Kier alpha value is -2.82. The maximum absolute atomic E-state index is 10.8. The number of hydrogen-bond acceptors (Lipinski definition) is 4. The van der Waals surface area contributed by atoms with Crippen LogP contribution in [0.3, 0.4) is 0 Å². The van der Waals surface area contributed by atoms with Crippen molar-refractivity contribution in [1.29, 1.82) is 0 Å². The van der Waals surface area contributed by atoms with E-state index in [0.29, 0.717) is 5.69 Å². The molecular weight excluding hydrogens is 256 g/mol. The summed E-state index contributed by atoms with van der Waals surface area (Å²) in [5, 5.41) is 13.0. The van der Waals surface area contributed by atoms with Gasteiger partial charge >= 0.3 is 5.97 Å². The molecule has 5 heteroatoms. The summed E-state index contributed by atoms with van der Waals surface area (Å²) in [6, 6.07) is 10.1. The quantitative estimate of drug-likeness (QED) is 0.644. The Morgan fingerprint density at radius 3 is 2.90 bits per heavy atom. The van der Waals surface area contributed by atoms with Crippen LogP contribution in [-0.2, 0) is 0 Å². The number of nitrogens with one attached hydrogen (secondary N) is 1. The molecule has 0 saturated carbocycles. The van der Waals surface area contributed by atoms with Gasteiger partial charge in [0.1, 0.15) is 5.76 Å². The average Bonchev–Trinajstić information content (AvgIpc) is 2.96. The van der Waals surface area contributed by atoms with Crippen LogP contribution in [0.2, 0.25) is 0 Å². The van der Waals surface area contributed by atoms with E-state index in [9.17, 15) is 4.79 Å². The minimum Gasteiger partial charge on any atom is -0.478 e. The summed E-state index contributed by atoms with van der Waals surface area (Å²) in [4.78, 5) is 10.8. The van der Waals surface area contributed by atoms with Crippen molar-refractivity contribution in [2.75, 3.05) is 5.43 Å². The number of carbonyl (C=O) groups is 1. The van der Waals surface area contributed by atoms with Crippen LogP contribution in [0.1, 0.15) is 23.0 Å². The Kier molecular flexibility index (Phi) is 4.34. The molecule has 0 radical (unpaired) electrons. The molecule has 0 bridgehead atoms. The number of hydrazone groups is 1. The van der Waals surface area contributed by atoms with E-state index in [1.807, 2.05) is 19.1 Å². The second-order valence-electron chi connectivity index (χ2n) is 4.10. The summed E-state index contributed by atoms with van der Waals surface area (Å²) < 4.78 is 5.16. The molecule has 5 nitrogen and oxygen atoms in total. The number of carboxylic acids is 1. The number of allylic oxidation sites excluding steroid dienone is 1. The minimum absolute atomic E-state index is 0.217. The fourth-order valence-corrected chi connectivity index (χ4v) is 1.50. The molecule has 102 valence electrons. The van der Waals surface area contributed by atoms with Crippen molar-refractivity contribution in [2.24, 2.45) is 5.10 Å². The predicted molar refractivity (Wildman–Crippen MR) is 77.9 cm³/mol. The number of carboxylic acid groups (broad SMARTS) is 1. The van der Waals surface area contributed by atoms with Crippen LogP contribution in [-0.4, -0.2) is 16.8 Å². The van der Waals surface area contributed by atoms with Crippen molar-refractivity contribution in [2.45, 2.75) is 6.92 Å². The standard InChI is InChI=1S/C15H14N2O3/c1-11(7-8-14-6-3-9-20-14)16-17-13-5-2-4-12(10-13)15(18)19/h2-10,17H,1H3,(H,18,19)/b8-7+,16-11-. The molecule has 0 aliphatic rings. The summed E-state index contributed by atoms with van der Waals surface area (Å²) >= 11 is 0. The van der Waals surface area contributed by atoms with Crippen molar-refractivity contribution in [3.63, 3.8) is 0 Å². The zero-order valence-corrected chi connectivity index (χ0v) is 10.9.